The minimum absolute atomic E-state index is 0.000776. The molecule has 0 aliphatic heterocycles. The van der Waals surface area contributed by atoms with Crippen molar-refractivity contribution in [2.24, 2.45) is 0 Å². The van der Waals surface area contributed by atoms with Crippen LogP contribution in [0.4, 0.5) is 0 Å². The fraction of sp³-hybridized carbons (Fsp3) is 0.211. The third-order valence-corrected chi connectivity index (χ3v) is 4.33. The molecule has 0 spiro atoms. The molecule has 27 heavy (non-hydrogen) atoms. The van der Waals surface area contributed by atoms with E-state index in [1.807, 2.05) is 0 Å². The Morgan fingerprint density at radius 2 is 2.00 bits per heavy atom. The van der Waals surface area contributed by atoms with Crippen LogP contribution in [0.5, 0.6) is 11.5 Å². The third-order valence-electron chi connectivity index (χ3n) is 4.33. The zero-order chi connectivity index (χ0) is 19.6. The molecular formula is C19H19N3O5. The number of rotatable bonds is 6. The highest BCUT2D eigenvalue weighted by molar-refractivity contribution is 5.72. The number of aliphatic carboxylic acids is 1. The maximum Gasteiger partial charge on any atom is 0.304 e. The first-order chi connectivity index (χ1) is 12.9. The SMILES string of the molecule is COc1ccc(-c2[nH]ncc2C(CC(=O)O)c2c(O)cc(C)[nH]c2=O)cc1. The van der Waals surface area contributed by atoms with Gasteiger partial charge in [-0.25, -0.2) is 0 Å². The number of carboxylic acids is 1. The number of nitrogens with zero attached hydrogens (tertiary/aromatic N) is 1. The number of carboxylic acid groups (broad SMARTS) is 1. The average Bonchev–Trinajstić information content (AvgIpc) is 3.09. The summed E-state index contributed by atoms with van der Waals surface area (Å²) in [6.07, 6.45) is 1.11. The Morgan fingerprint density at radius 3 is 2.59 bits per heavy atom. The van der Waals surface area contributed by atoms with Gasteiger partial charge in [-0.2, -0.15) is 5.10 Å². The third kappa shape index (κ3) is 3.69. The number of H-pyrrole nitrogens is 2. The molecule has 2 aromatic heterocycles. The van der Waals surface area contributed by atoms with Crippen molar-refractivity contribution in [1.29, 1.82) is 0 Å². The number of pyridine rings is 1. The number of benzene rings is 1. The summed E-state index contributed by atoms with van der Waals surface area (Å²) in [5.74, 6) is -1.54. The highest BCUT2D eigenvalue weighted by Crippen LogP contribution is 2.36. The molecule has 0 aliphatic carbocycles. The number of nitrogens with one attached hydrogen (secondary N) is 2. The fourth-order valence-corrected chi connectivity index (χ4v) is 3.11. The van der Waals surface area contributed by atoms with Gasteiger partial charge in [-0.1, -0.05) is 0 Å². The molecule has 3 aromatic rings. The molecule has 0 saturated carbocycles. The Morgan fingerprint density at radius 1 is 1.30 bits per heavy atom. The zero-order valence-electron chi connectivity index (χ0n) is 14.8. The Bertz CT molecular complexity index is 1020. The maximum absolute atomic E-state index is 12.5. The van der Waals surface area contributed by atoms with Crippen molar-refractivity contribution in [3.05, 3.63) is 63.7 Å². The van der Waals surface area contributed by atoms with Crippen LogP contribution in [0, 0.1) is 6.92 Å². The normalized spacial score (nSPS) is 11.9. The highest BCUT2D eigenvalue weighted by Gasteiger charge is 2.28. The predicted molar refractivity (Wildman–Crippen MR) is 98.1 cm³/mol. The van der Waals surface area contributed by atoms with Gasteiger partial charge in [-0.15, -0.1) is 0 Å². The maximum atomic E-state index is 12.5. The van der Waals surface area contributed by atoms with Crippen LogP contribution in [0.15, 0.2) is 41.3 Å². The molecular weight excluding hydrogens is 350 g/mol. The smallest absolute Gasteiger partial charge is 0.304 e. The molecule has 0 aliphatic rings. The van der Waals surface area contributed by atoms with E-state index < -0.39 is 17.4 Å². The summed E-state index contributed by atoms with van der Waals surface area (Å²) in [5.41, 5.74) is 1.79. The molecule has 1 unspecified atom stereocenters. The van der Waals surface area contributed by atoms with Gasteiger partial charge >= 0.3 is 5.97 Å². The van der Waals surface area contributed by atoms with Crippen LogP contribution in [0.3, 0.4) is 0 Å². The first-order valence-corrected chi connectivity index (χ1v) is 8.23. The summed E-state index contributed by atoms with van der Waals surface area (Å²) < 4.78 is 5.15. The standard InChI is InChI=1S/C19H19N3O5/c1-10-7-15(23)17(19(26)21-10)13(8-16(24)25)14-9-20-22-18(14)11-3-5-12(27-2)6-4-11/h3-7,9,13H,8H2,1-2H3,(H,20,22)(H,24,25)(H2,21,23,26). The molecule has 8 heteroatoms. The van der Waals surface area contributed by atoms with Gasteiger partial charge in [0.15, 0.2) is 0 Å². The van der Waals surface area contributed by atoms with Gasteiger partial charge in [0.05, 0.1) is 31.0 Å². The Balaban J connectivity index is 2.14. The first-order valence-electron chi connectivity index (χ1n) is 8.23. The lowest BCUT2D eigenvalue weighted by molar-refractivity contribution is -0.137. The highest BCUT2D eigenvalue weighted by atomic mass is 16.5. The summed E-state index contributed by atoms with van der Waals surface area (Å²) in [4.78, 5) is 26.5. The second-order valence-electron chi connectivity index (χ2n) is 6.16. The van der Waals surface area contributed by atoms with Crippen LogP contribution in [-0.2, 0) is 4.79 Å². The van der Waals surface area contributed by atoms with Crippen molar-refractivity contribution in [3.8, 4) is 22.8 Å². The summed E-state index contributed by atoms with van der Waals surface area (Å²) >= 11 is 0. The summed E-state index contributed by atoms with van der Waals surface area (Å²) in [5, 5.41) is 26.6. The summed E-state index contributed by atoms with van der Waals surface area (Å²) in [7, 11) is 1.56. The number of carbonyl (C=O) groups is 1. The number of ether oxygens (including phenoxy) is 1. The monoisotopic (exact) mass is 369 g/mol. The van der Waals surface area contributed by atoms with E-state index in [0.717, 1.165) is 5.56 Å². The van der Waals surface area contributed by atoms with Crippen LogP contribution in [0.2, 0.25) is 0 Å². The van der Waals surface area contributed by atoms with Gasteiger partial charge in [0.2, 0.25) is 0 Å². The Labute approximate surface area is 154 Å². The molecule has 0 fully saturated rings. The molecule has 1 atom stereocenters. The summed E-state index contributed by atoms with van der Waals surface area (Å²) in [6.45, 7) is 1.64. The molecule has 0 saturated heterocycles. The lowest BCUT2D eigenvalue weighted by Gasteiger charge is -2.17. The number of hydrogen-bond acceptors (Lipinski definition) is 5. The molecule has 1 aromatic carbocycles. The topological polar surface area (TPSA) is 128 Å². The predicted octanol–water partition coefficient (Wildman–Crippen LogP) is 2.39. The van der Waals surface area contributed by atoms with Crippen molar-refractivity contribution in [1.82, 2.24) is 15.2 Å². The van der Waals surface area contributed by atoms with E-state index in [2.05, 4.69) is 15.2 Å². The second kappa shape index (κ2) is 7.36. The van der Waals surface area contributed by atoms with Crippen molar-refractivity contribution in [3.63, 3.8) is 0 Å². The van der Waals surface area contributed by atoms with E-state index in [1.165, 1.54) is 12.3 Å². The lowest BCUT2D eigenvalue weighted by atomic mass is 9.87. The number of aryl methyl sites for hydroxylation is 1. The van der Waals surface area contributed by atoms with Crippen LogP contribution < -0.4 is 10.3 Å². The van der Waals surface area contributed by atoms with E-state index in [9.17, 15) is 19.8 Å². The number of aromatic amines is 2. The Hall–Kier alpha value is -3.55. The fourth-order valence-electron chi connectivity index (χ4n) is 3.11. The number of aromatic hydroxyl groups is 1. The minimum Gasteiger partial charge on any atom is -0.507 e. The van der Waals surface area contributed by atoms with E-state index >= 15 is 0 Å². The molecule has 0 bridgehead atoms. The van der Waals surface area contributed by atoms with E-state index in [4.69, 9.17) is 4.74 Å². The average molecular weight is 369 g/mol. The second-order valence-corrected chi connectivity index (χ2v) is 6.16. The van der Waals surface area contributed by atoms with Gasteiger partial charge in [0, 0.05) is 22.7 Å². The van der Waals surface area contributed by atoms with Crippen molar-refractivity contribution >= 4 is 5.97 Å². The molecule has 0 radical (unpaired) electrons. The van der Waals surface area contributed by atoms with Gasteiger partial charge in [-0.3, -0.25) is 14.7 Å². The van der Waals surface area contributed by atoms with E-state index in [1.54, 1.807) is 38.3 Å². The quantitative estimate of drug-likeness (QED) is 0.528. The largest absolute Gasteiger partial charge is 0.507 e. The first kappa shape index (κ1) is 18.2. The number of methoxy groups -OCH3 is 1. The Kier molecular flexibility index (Phi) is 4.98. The minimum atomic E-state index is -1.10. The van der Waals surface area contributed by atoms with E-state index in [-0.39, 0.29) is 17.7 Å². The van der Waals surface area contributed by atoms with Crippen molar-refractivity contribution in [2.45, 2.75) is 19.3 Å². The zero-order valence-corrected chi connectivity index (χ0v) is 14.8. The van der Waals surface area contributed by atoms with Gasteiger partial charge < -0.3 is 19.9 Å². The van der Waals surface area contributed by atoms with Crippen LogP contribution in [0.1, 0.15) is 29.2 Å². The lowest BCUT2D eigenvalue weighted by Crippen LogP contribution is -2.20. The number of aromatic nitrogens is 3. The molecule has 8 nitrogen and oxygen atoms in total. The van der Waals surface area contributed by atoms with Gasteiger partial charge in [0.1, 0.15) is 11.5 Å². The molecule has 3 rings (SSSR count). The van der Waals surface area contributed by atoms with Crippen molar-refractivity contribution in [2.75, 3.05) is 7.11 Å². The van der Waals surface area contributed by atoms with Crippen LogP contribution in [0.25, 0.3) is 11.3 Å². The van der Waals surface area contributed by atoms with Gasteiger partial charge in [0.25, 0.3) is 5.56 Å². The number of hydrogen-bond donors (Lipinski definition) is 4. The van der Waals surface area contributed by atoms with E-state index in [0.29, 0.717) is 22.7 Å². The van der Waals surface area contributed by atoms with Crippen LogP contribution in [-0.4, -0.2) is 38.5 Å². The molecule has 4 N–H and O–H groups in total. The molecule has 0 amide bonds. The van der Waals surface area contributed by atoms with Gasteiger partial charge in [-0.05, 0) is 37.3 Å². The molecule has 2 heterocycles. The summed E-state index contributed by atoms with van der Waals surface area (Å²) in [6, 6.07) is 8.53. The van der Waals surface area contributed by atoms with Crippen LogP contribution >= 0.6 is 0 Å². The van der Waals surface area contributed by atoms with Crippen molar-refractivity contribution < 1.29 is 19.7 Å². The molecule has 140 valence electrons.